The molecule has 3 rings (SSSR count). The molecule has 0 spiro atoms. The van der Waals surface area contributed by atoms with E-state index < -0.39 is 18.5 Å². The summed E-state index contributed by atoms with van der Waals surface area (Å²) in [7, 11) is 2.92. The average Bonchev–Trinajstić information content (AvgIpc) is 3.27. The number of ether oxygens (including phenoxy) is 3. The number of carbonyl (C=O) groups is 2. The minimum absolute atomic E-state index is 0.172. The van der Waals surface area contributed by atoms with Gasteiger partial charge in [-0.25, -0.2) is 14.5 Å². The van der Waals surface area contributed by atoms with E-state index in [4.69, 9.17) is 25.8 Å². The summed E-state index contributed by atoms with van der Waals surface area (Å²) in [5.41, 5.74) is 1.12. The van der Waals surface area contributed by atoms with Gasteiger partial charge in [0.2, 0.25) is 0 Å². The number of nitrogens with one attached hydrogen (secondary N) is 1. The molecule has 156 valence electrons. The van der Waals surface area contributed by atoms with E-state index in [0.717, 1.165) is 0 Å². The Balaban J connectivity index is 1.70. The Morgan fingerprint density at radius 3 is 2.47 bits per heavy atom. The van der Waals surface area contributed by atoms with Crippen molar-refractivity contribution in [2.75, 3.05) is 26.1 Å². The number of aromatic nitrogens is 3. The van der Waals surface area contributed by atoms with Crippen LogP contribution in [0.3, 0.4) is 0 Å². The van der Waals surface area contributed by atoms with E-state index in [9.17, 15) is 9.59 Å². The van der Waals surface area contributed by atoms with E-state index in [0.29, 0.717) is 32.4 Å². The third kappa shape index (κ3) is 4.89. The highest BCUT2D eigenvalue weighted by atomic mass is 79.9. The molecule has 9 nitrogen and oxygen atoms in total. The number of hydrogen-bond donors (Lipinski definition) is 1. The Hall–Kier alpha value is -3.11. The quantitative estimate of drug-likeness (QED) is 0.500. The molecule has 0 aliphatic rings. The number of methoxy groups -OCH3 is 2. The Labute approximate surface area is 185 Å². The van der Waals surface area contributed by atoms with Gasteiger partial charge in [0.05, 0.1) is 31.2 Å². The Bertz CT molecular complexity index is 1050. The molecule has 1 aromatic heterocycles. The first-order chi connectivity index (χ1) is 14.4. The molecule has 1 amide bonds. The minimum atomic E-state index is -0.711. The van der Waals surface area contributed by atoms with E-state index in [1.165, 1.54) is 43.7 Å². The van der Waals surface area contributed by atoms with Gasteiger partial charge in [-0.3, -0.25) is 4.79 Å². The highest BCUT2D eigenvalue weighted by Crippen LogP contribution is 2.35. The second-order valence-corrected chi connectivity index (χ2v) is 7.05. The van der Waals surface area contributed by atoms with Crippen LogP contribution in [0.15, 0.2) is 47.5 Å². The van der Waals surface area contributed by atoms with Gasteiger partial charge in [0.15, 0.2) is 6.61 Å². The second-order valence-electron chi connectivity index (χ2n) is 5.82. The zero-order chi connectivity index (χ0) is 21.7. The lowest BCUT2D eigenvalue weighted by atomic mass is 10.2. The lowest BCUT2D eigenvalue weighted by Crippen LogP contribution is -2.22. The van der Waals surface area contributed by atoms with Crippen molar-refractivity contribution in [2.45, 2.75) is 0 Å². The Morgan fingerprint density at radius 2 is 1.87 bits per heavy atom. The zero-order valence-electron chi connectivity index (χ0n) is 15.9. The number of amides is 1. The number of anilines is 1. The van der Waals surface area contributed by atoms with Crippen LogP contribution in [0.4, 0.5) is 5.69 Å². The van der Waals surface area contributed by atoms with Crippen LogP contribution in [0.1, 0.15) is 10.4 Å². The van der Waals surface area contributed by atoms with Crippen LogP contribution in [0.5, 0.6) is 11.5 Å². The van der Waals surface area contributed by atoms with Crippen molar-refractivity contribution in [3.8, 4) is 17.2 Å². The van der Waals surface area contributed by atoms with Gasteiger partial charge in [0.1, 0.15) is 28.6 Å². The minimum Gasteiger partial charge on any atom is -0.495 e. The summed E-state index contributed by atoms with van der Waals surface area (Å²) in [6.45, 7) is -0.511. The standard InChI is InChI=1S/C19H16BrClN4O5/c1-28-15-5-11(6-16(29-2)18(15)20)19(27)30-8-17(26)24-13-7-12(21)3-4-14(13)25-10-22-9-23-25/h3-7,9-10H,8H2,1-2H3,(H,24,26). The predicted octanol–water partition coefficient (Wildman–Crippen LogP) is 3.50. The largest absolute Gasteiger partial charge is 0.495 e. The SMILES string of the molecule is COc1cc(C(=O)OCC(=O)Nc2cc(Cl)ccc2-n2cncn2)cc(OC)c1Br. The number of rotatable bonds is 7. The first kappa shape index (κ1) is 21.6. The molecule has 0 atom stereocenters. The summed E-state index contributed by atoms with van der Waals surface area (Å²) in [5, 5.41) is 7.11. The molecule has 3 aromatic rings. The van der Waals surface area contributed by atoms with Gasteiger partial charge in [0.25, 0.3) is 5.91 Å². The molecule has 0 saturated heterocycles. The molecule has 0 aliphatic carbocycles. The van der Waals surface area contributed by atoms with E-state index in [-0.39, 0.29) is 5.56 Å². The fourth-order valence-electron chi connectivity index (χ4n) is 2.53. The maximum atomic E-state index is 12.4. The van der Waals surface area contributed by atoms with Crippen molar-refractivity contribution in [1.82, 2.24) is 14.8 Å². The predicted molar refractivity (Wildman–Crippen MR) is 113 cm³/mol. The molecule has 0 saturated carbocycles. The molecule has 1 N–H and O–H groups in total. The van der Waals surface area contributed by atoms with E-state index >= 15 is 0 Å². The molecule has 2 aromatic carbocycles. The van der Waals surface area contributed by atoms with Gasteiger partial charge in [0, 0.05) is 5.02 Å². The van der Waals surface area contributed by atoms with Crippen LogP contribution >= 0.6 is 27.5 Å². The summed E-state index contributed by atoms with van der Waals surface area (Å²) in [6, 6.07) is 7.85. The summed E-state index contributed by atoms with van der Waals surface area (Å²) < 4.78 is 17.6. The normalized spacial score (nSPS) is 10.4. The monoisotopic (exact) mass is 494 g/mol. The van der Waals surface area contributed by atoms with Crippen molar-refractivity contribution < 1.29 is 23.8 Å². The van der Waals surface area contributed by atoms with E-state index in [1.54, 1.807) is 18.2 Å². The van der Waals surface area contributed by atoms with Crippen LogP contribution in [0, 0.1) is 0 Å². The number of carbonyl (C=O) groups excluding carboxylic acids is 2. The van der Waals surface area contributed by atoms with Crippen LogP contribution in [0.2, 0.25) is 5.02 Å². The van der Waals surface area contributed by atoms with Crippen LogP contribution < -0.4 is 14.8 Å². The van der Waals surface area contributed by atoms with Crippen LogP contribution in [-0.4, -0.2) is 47.5 Å². The highest BCUT2D eigenvalue weighted by molar-refractivity contribution is 9.10. The topological polar surface area (TPSA) is 105 Å². The van der Waals surface area contributed by atoms with E-state index in [1.807, 2.05) is 0 Å². The van der Waals surface area contributed by atoms with Crippen molar-refractivity contribution in [1.29, 1.82) is 0 Å². The molecule has 0 unspecified atom stereocenters. The zero-order valence-corrected chi connectivity index (χ0v) is 18.2. The third-order valence-corrected chi connectivity index (χ3v) is 4.93. The van der Waals surface area contributed by atoms with Crippen molar-refractivity contribution in [3.05, 3.63) is 58.0 Å². The van der Waals surface area contributed by atoms with Crippen LogP contribution in [-0.2, 0) is 9.53 Å². The van der Waals surface area contributed by atoms with Gasteiger partial charge in [-0.2, -0.15) is 5.10 Å². The van der Waals surface area contributed by atoms with Gasteiger partial charge in [-0.05, 0) is 46.3 Å². The molecular weight excluding hydrogens is 480 g/mol. The van der Waals surface area contributed by atoms with E-state index in [2.05, 4.69) is 31.3 Å². The van der Waals surface area contributed by atoms with Crippen LogP contribution in [0.25, 0.3) is 5.69 Å². The average molecular weight is 496 g/mol. The molecule has 1 heterocycles. The van der Waals surface area contributed by atoms with Gasteiger partial charge >= 0.3 is 5.97 Å². The summed E-state index contributed by atoms with van der Waals surface area (Å²) in [4.78, 5) is 28.6. The number of nitrogens with zero attached hydrogens (tertiary/aromatic N) is 3. The van der Waals surface area contributed by atoms with Gasteiger partial charge in [-0.15, -0.1) is 0 Å². The number of esters is 1. The van der Waals surface area contributed by atoms with Crippen molar-refractivity contribution in [2.24, 2.45) is 0 Å². The number of benzene rings is 2. The lowest BCUT2D eigenvalue weighted by molar-refractivity contribution is -0.119. The number of halogens is 2. The van der Waals surface area contributed by atoms with Gasteiger partial charge < -0.3 is 19.5 Å². The Morgan fingerprint density at radius 1 is 1.17 bits per heavy atom. The smallest absolute Gasteiger partial charge is 0.338 e. The molecule has 0 radical (unpaired) electrons. The first-order valence-electron chi connectivity index (χ1n) is 8.46. The fraction of sp³-hybridized carbons (Fsp3) is 0.158. The molecule has 0 bridgehead atoms. The molecule has 0 fully saturated rings. The lowest BCUT2D eigenvalue weighted by Gasteiger charge is -2.13. The molecule has 0 aliphatic heterocycles. The van der Waals surface area contributed by atoms with Gasteiger partial charge in [-0.1, -0.05) is 11.6 Å². The summed E-state index contributed by atoms with van der Waals surface area (Å²) in [6.07, 6.45) is 2.84. The molecule has 30 heavy (non-hydrogen) atoms. The fourth-order valence-corrected chi connectivity index (χ4v) is 3.25. The van der Waals surface area contributed by atoms with Crippen molar-refractivity contribution in [3.63, 3.8) is 0 Å². The summed E-state index contributed by atoms with van der Waals surface area (Å²) in [5.74, 6) is -0.482. The maximum Gasteiger partial charge on any atom is 0.338 e. The third-order valence-electron chi connectivity index (χ3n) is 3.91. The molecular formula is C19H16BrClN4O5. The van der Waals surface area contributed by atoms with Crippen molar-refractivity contribution >= 4 is 45.1 Å². The summed E-state index contributed by atoms with van der Waals surface area (Å²) >= 11 is 9.35. The Kier molecular flexibility index (Phi) is 6.91. The molecule has 11 heteroatoms. The number of hydrogen-bond acceptors (Lipinski definition) is 7. The maximum absolute atomic E-state index is 12.4. The highest BCUT2D eigenvalue weighted by Gasteiger charge is 2.17. The first-order valence-corrected chi connectivity index (χ1v) is 9.63. The second kappa shape index (κ2) is 9.59.